The van der Waals surface area contributed by atoms with Crippen LogP contribution in [0.3, 0.4) is 0 Å². The Balaban J connectivity index is 1.29. The first-order valence-corrected chi connectivity index (χ1v) is 13.8. The van der Waals surface area contributed by atoms with E-state index >= 15 is 0 Å². The number of amides is 1. The molecule has 1 atom stereocenters. The molecular formula is C34H35N3O. The van der Waals surface area contributed by atoms with E-state index in [9.17, 15) is 4.79 Å². The average Bonchev–Trinajstić information content (AvgIpc) is 3.56. The van der Waals surface area contributed by atoms with Crippen LogP contribution in [0.15, 0.2) is 84.9 Å². The zero-order valence-corrected chi connectivity index (χ0v) is 22.3. The van der Waals surface area contributed by atoms with Crippen LogP contribution in [0.5, 0.6) is 0 Å². The first-order valence-electron chi connectivity index (χ1n) is 13.8. The Bertz CT molecular complexity index is 1580. The van der Waals surface area contributed by atoms with Crippen LogP contribution < -0.4 is 5.32 Å². The van der Waals surface area contributed by atoms with Crippen molar-refractivity contribution >= 4 is 27.8 Å². The predicted molar refractivity (Wildman–Crippen MR) is 155 cm³/mol. The molecule has 3 aromatic carbocycles. The highest BCUT2D eigenvalue weighted by molar-refractivity contribution is 6.08. The summed E-state index contributed by atoms with van der Waals surface area (Å²) in [6, 6.07) is 29.7. The molecule has 38 heavy (non-hydrogen) atoms. The number of nitrogens with one attached hydrogen (secondary N) is 1. The minimum Gasteiger partial charge on any atom is -0.351 e. The topological polar surface area (TPSA) is 46.9 Å². The summed E-state index contributed by atoms with van der Waals surface area (Å²) in [4.78, 5) is 18.4. The van der Waals surface area contributed by atoms with E-state index in [2.05, 4.69) is 90.5 Å². The second-order valence-corrected chi connectivity index (χ2v) is 10.8. The molecule has 2 heterocycles. The van der Waals surface area contributed by atoms with E-state index in [0.717, 1.165) is 41.9 Å². The average molecular weight is 502 g/mol. The van der Waals surface area contributed by atoms with E-state index in [0.29, 0.717) is 12.5 Å². The molecule has 6 rings (SSSR count). The highest BCUT2D eigenvalue weighted by Crippen LogP contribution is 2.38. The highest BCUT2D eigenvalue weighted by Gasteiger charge is 2.32. The summed E-state index contributed by atoms with van der Waals surface area (Å²) in [5.74, 6) is 0.450. The Labute approximate surface area is 224 Å². The fraction of sp³-hybridized carbons (Fsp3) is 0.294. The smallest absolute Gasteiger partial charge is 0.228 e. The molecule has 1 aliphatic carbocycles. The summed E-state index contributed by atoms with van der Waals surface area (Å²) in [7, 11) is 0. The van der Waals surface area contributed by atoms with Crippen molar-refractivity contribution in [2.45, 2.75) is 58.5 Å². The Morgan fingerprint density at radius 2 is 1.63 bits per heavy atom. The minimum atomic E-state index is -0.101. The van der Waals surface area contributed by atoms with Crippen molar-refractivity contribution in [2.24, 2.45) is 5.92 Å². The first-order chi connectivity index (χ1) is 18.6. The fourth-order valence-corrected chi connectivity index (χ4v) is 6.38. The third-order valence-corrected chi connectivity index (χ3v) is 8.19. The number of aromatic nitrogens is 2. The van der Waals surface area contributed by atoms with E-state index in [4.69, 9.17) is 4.98 Å². The monoisotopic (exact) mass is 501 g/mol. The highest BCUT2D eigenvalue weighted by atomic mass is 16.1. The maximum Gasteiger partial charge on any atom is 0.228 e. The quantitative estimate of drug-likeness (QED) is 0.252. The van der Waals surface area contributed by atoms with Gasteiger partial charge in [-0.05, 0) is 67.0 Å². The van der Waals surface area contributed by atoms with Gasteiger partial charge in [-0.3, -0.25) is 4.79 Å². The second kappa shape index (κ2) is 10.4. The van der Waals surface area contributed by atoms with Crippen molar-refractivity contribution < 1.29 is 4.79 Å². The van der Waals surface area contributed by atoms with Gasteiger partial charge in [0, 0.05) is 29.6 Å². The van der Waals surface area contributed by atoms with Gasteiger partial charge in [0.2, 0.25) is 5.91 Å². The maximum atomic E-state index is 13.5. The van der Waals surface area contributed by atoms with Crippen LogP contribution in [0.1, 0.15) is 59.5 Å². The largest absolute Gasteiger partial charge is 0.351 e. The molecule has 4 nitrogen and oxygen atoms in total. The van der Waals surface area contributed by atoms with Crippen molar-refractivity contribution in [2.75, 3.05) is 0 Å². The number of fused-ring (bicyclic) bond motifs is 3. The molecule has 0 spiro atoms. The Hall–Kier alpha value is -3.92. The van der Waals surface area contributed by atoms with E-state index in [1.165, 1.54) is 40.3 Å². The third-order valence-electron chi connectivity index (χ3n) is 8.19. The summed E-state index contributed by atoms with van der Waals surface area (Å²) < 4.78 is 2.33. The van der Waals surface area contributed by atoms with E-state index < -0.39 is 0 Å². The lowest BCUT2D eigenvalue weighted by Crippen LogP contribution is -2.32. The summed E-state index contributed by atoms with van der Waals surface area (Å²) in [5, 5.41) is 5.71. The molecule has 1 aliphatic rings. The number of hydrogen-bond donors (Lipinski definition) is 1. The predicted octanol–water partition coefficient (Wildman–Crippen LogP) is 7.44. The van der Waals surface area contributed by atoms with Gasteiger partial charge < -0.3 is 9.88 Å². The summed E-state index contributed by atoms with van der Waals surface area (Å²) >= 11 is 0. The summed E-state index contributed by atoms with van der Waals surface area (Å²) in [6.45, 7) is 5.55. The van der Waals surface area contributed by atoms with E-state index in [1.807, 2.05) is 18.2 Å². The minimum absolute atomic E-state index is 0.101. The number of hydrogen-bond acceptors (Lipinski definition) is 2. The summed E-state index contributed by atoms with van der Waals surface area (Å²) in [5.41, 5.74) is 8.01. The molecule has 2 aromatic heterocycles. The number of nitrogens with zero attached hydrogens (tertiary/aromatic N) is 2. The zero-order valence-electron chi connectivity index (χ0n) is 22.3. The number of carbonyl (C=O) groups excluding carboxylic acids is 1. The number of para-hydroxylation sites is 1. The molecule has 0 radical (unpaired) electrons. The van der Waals surface area contributed by atoms with Gasteiger partial charge in [-0.15, -0.1) is 0 Å². The van der Waals surface area contributed by atoms with Crippen LogP contribution >= 0.6 is 0 Å². The van der Waals surface area contributed by atoms with Gasteiger partial charge in [0.25, 0.3) is 0 Å². The maximum absolute atomic E-state index is 13.5. The lowest BCUT2D eigenvalue weighted by molar-refractivity contribution is -0.123. The van der Waals surface area contributed by atoms with Gasteiger partial charge in [0.15, 0.2) is 0 Å². The molecule has 4 heteroatoms. The summed E-state index contributed by atoms with van der Waals surface area (Å²) in [6.07, 6.45) is 4.67. The van der Waals surface area contributed by atoms with Gasteiger partial charge in [-0.25, -0.2) is 4.98 Å². The number of benzene rings is 3. The van der Waals surface area contributed by atoms with Crippen LogP contribution in [0.25, 0.3) is 21.9 Å². The third kappa shape index (κ3) is 4.71. The van der Waals surface area contributed by atoms with Crippen LogP contribution in [-0.4, -0.2) is 15.5 Å². The molecule has 0 aliphatic heterocycles. The first kappa shape index (κ1) is 24.4. The lowest BCUT2D eigenvalue weighted by atomic mass is 9.83. The fourth-order valence-electron chi connectivity index (χ4n) is 6.38. The number of rotatable bonds is 7. The van der Waals surface area contributed by atoms with Crippen LogP contribution in [0.2, 0.25) is 0 Å². The second-order valence-electron chi connectivity index (χ2n) is 10.8. The Morgan fingerprint density at radius 3 is 2.39 bits per heavy atom. The number of aryl methyl sites for hydroxylation is 2. The molecule has 192 valence electrons. The Morgan fingerprint density at radius 1 is 0.921 bits per heavy atom. The van der Waals surface area contributed by atoms with Gasteiger partial charge in [-0.2, -0.15) is 0 Å². The molecule has 1 fully saturated rings. The zero-order chi connectivity index (χ0) is 26.1. The normalized spacial score (nSPS) is 14.8. The van der Waals surface area contributed by atoms with E-state index in [1.54, 1.807) is 0 Å². The van der Waals surface area contributed by atoms with Gasteiger partial charge in [-0.1, -0.05) is 85.6 Å². The van der Waals surface area contributed by atoms with Crippen LogP contribution in [0, 0.1) is 19.8 Å². The van der Waals surface area contributed by atoms with Gasteiger partial charge >= 0.3 is 0 Å². The van der Waals surface area contributed by atoms with Crippen LogP contribution in [0.4, 0.5) is 0 Å². The molecule has 1 unspecified atom stereocenters. The molecule has 1 N–H and O–H groups in total. The van der Waals surface area contributed by atoms with Gasteiger partial charge in [0.1, 0.15) is 5.65 Å². The van der Waals surface area contributed by atoms with Crippen LogP contribution in [-0.2, 0) is 17.9 Å². The molecule has 5 aromatic rings. The van der Waals surface area contributed by atoms with E-state index in [-0.39, 0.29) is 11.8 Å². The number of carbonyl (C=O) groups is 1. The molecule has 0 saturated heterocycles. The standard InChI is InChI=1S/C34H35N3O/c1-23-20-24(2)36-33-31(23)29-14-8-9-15-30(29)37(33)22-26-16-18-28(19-17-26)32(27-12-6-7-13-27)34(38)35-21-25-10-4-3-5-11-25/h3-5,8-11,14-20,27,32H,6-7,12-13,21-22H2,1-2H3,(H,35,38). The van der Waals surface area contributed by atoms with Crippen molar-refractivity contribution in [3.05, 3.63) is 113 Å². The molecule has 1 amide bonds. The molecule has 1 saturated carbocycles. The SMILES string of the molecule is Cc1cc(C)c2c3ccccc3n(Cc3ccc(C(C(=O)NCc4ccccc4)C4CCCC4)cc3)c2n1. The number of pyridine rings is 1. The Kier molecular flexibility index (Phi) is 6.71. The van der Waals surface area contributed by atoms with Crippen molar-refractivity contribution in [3.8, 4) is 0 Å². The molecular weight excluding hydrogens is 466 g/mol. The van der Waals surface area contributed by atoms with Gasteiger partial charge in [0.05, 0.1) is 11.4 Å². The lowest BCUT2D eigenvalue weighted by Gasteiger charge is -2.23. The van der Waals surface area contributed by atoms with Crippen molar-refractivity contribution in [3.63, 3.8) is 0 Å². The molecule has 0 bridgehead atoms. The van der Waals surface area contributed by atoms with Crippen molar-refractivity contribution in [1.29, 1.82) is 0 Å². The van der Waals surface area contributed by atoms with Crippen molar-refractivity contribution in [1.82, 2.24) is 14.9 Å².